The Morgan fingerprint density at radius 1 is 1.29 bits per heavy atom. The molecule has 1 atom stereocenters. The van der Waals surface area contributed by atoms with Crippen molar-refractivity contribution in [1.29, 1.82) is 0 Å². The van der Waals surface area contributed by atoms with E-state index in [-0.39, 0.29) is 18.2 Å². The molecule has 0 spiro atoms. The van der Waals surface area contributed by atoms with Gasteiger partial charge in [-0.2, -0.15) is 0 Å². The SMILES string of the molecule is CC(CNC(=O)c1cccc(-c2ccoc2)c1)CC(=O)O. The lowest BCUT2D eigenvalue weighted by molar-refractivity contribution is -0.137. The third-order valence-corrected chi connectivity index (χ3v) is 3.11. The highest BCUT2D eigenvalue weighted by Crippen LogP contribution is 2.20. The van der Waals surface area contributed by atoms with Gasteiger partial charge in [0.1, 0.15) is 0 Å². The van der Waals surface area contributed by atoms with Crippen LogP contribution in [0.4, 0.5) is 0 Å². The van der Waals surface area contributed by atoms with Crippen molar-refractivity contribution in [2.75, 3.05) is 6.54 Å². The van der Waals surface area contributed by atoms with Gasteiger partial charge in [-0.05, 0) is 29.7 Å². The number of rotatable bonds is 6. The Balaban J connectivity index is 2.00. The highest BCUT2D eigenvalue weighted by molar-refractivity contribution is 5.95. The molecule has 0 aliphatic carbocycles. The monoisotopic (exact) mass is 287 g/mol. The minimum atomic E-state index is -0.862. The first kappa shape index (κ1) is 14.8. The van der Waals surface area contributed by atoms with Crippen LogP contribution in [-0.2, 0) is 4.79 Å². The maximum Gasteiger partial charge on any atom is 0.303 e. The summed E-state index contributed by atoms with van der Waals surface area (Å²) in [5, 5.41) is 11.4. The van der Waals surface area contributed by atoms with Crippen molar-refractivity contribution in [3.63, 3.8) is 0 Å². The van der Waals surface area contributed by atoms with Gasteiger partial charge in [0.25, 0.3) is 5.91 Å². The van der Waals surface area contributed by atoms with Crippen molar-refractivity contribution in [1.82, 2.24) is 5.32 Å². The number of amides is 1. The fourth-order valence-electron chi connectivity index (χ4n) is 2.01. The molecular formula is C16H17NO4. The van der Waals surface area contributed by atoms with Crippen molar-refractivity contribution in [3.05, 3.63) is 48.4 Å². The molecular weight excluding hydrogens is 270 g/mol. The van der Waals surface area contributed by atoms with E-state index in [1.54, 1.807) is 37.6 Å². The molecule has 0 saturated heterocycles. The molecule has 0 aliphatic rings. The lowest BCUT2D eigenvalue weighted by Crippen LogP contribution is -2.29. The highest BCUT2D eigenvalue weighted by Gasteiger charge is 2.11. The summed E-state index contributed by atoms with van der Waals surface area (Å²) >= 11 is 0. The van der Waals surface area contributed by atoms with E-state index >= 15 is 0 Å². The summed E-state index contributed by atoms with van der Waals surface area (Å²) in [6.07, 6.45) is 3.23. The molecule has 0 fully saturated rings. The van der Waals surface area contributed by atoms with E-state index in [2.05, 4.69) is 5.32 Å². The summed E-state index contributed by atoms with van der Waals surface area (Å²) in [5.41, 5.74) is 2.34. The lowest BCUT2D eigenvalue weighted by atomic mass is 10.0. The summed E-state index contributed by atoms with van der Waals surface area (Å²) < 4.78 is 5.03. The lowest BCUT2D eigenvalue weighted by Gasteiger charge is -2.10. The van der Waals surface area contributed by atoms with Crippen molar-refractivity contribution < 1.29 is 19.1 Å². The van der Waals surface area contributed by atoms with Crippen LogP contribution >= 0.6 is 0 Å². The summed E-state index contributed by atoms with van der Waals surface area (Å²) in [6.45, 7) is 2.12. The van der Waals surface area contributed by atoms with Crippen molar-refractivity contribution in [2.24, 2.45) is 5.92 Å². The van der Waals surface area contributed by atoms with E-state index in [1.807, 2.05) is 12.1 Å². The standard InChI is InChI=1S/C16H17NO4/c1-11(7-15(18)19)9-17-16(20)13-4-2-3-12(8-13)14-5-6-21-10-14/h2-6,8,10-11H,7,9H2,1H3,(H,17,20)(H,18,19). The molecule has 1 unspecified atom stereocenters. The van der Waals surface area contributed by atoms with Crippen LogP contribution in [0.3, 0.4) is 0 Å². The second-order valence-electron chi connectivity index (χ2n) is 5.01. The van der Waals surface area contributed by atoms with Gasteiger partial charge in [-0.3, -0.25) is 9.59 Å². The zero-order valence-electron chi connectivity index (χ0n) is 11.7. The predicted molar refractivity (Wildman–Crippen MR) is 77.9 cm³/mol. The Morgan fingerprint density at radius 3 is 2.76 bits per heavy atom. The van der Waals surface area contributed by atoms with Crippen molar-refractivity contribution in [2.45, 2.75) is 13.3 Å². The summed E-state index contributed by atoms with van der Waals surface area (Å²) in [5.74, 6) is -1.18. The summed E-state index contributed by atoms with van der Waals surface area (Å²) in [6, 6.07) is 9.03. The van der Waals surface area contributed by atoms with Gasteiger partial charge in [0, 0.05) is 24.1 Å². The second kappa shape index (κ2) is 6.74. The number of benzene rings is 1. The van der Waals surface area contributed by atoms with Gasteiger partial charge in [0.05, 0.1) is 12.5 Å². The number of furan rings is 1. The van der Waals surface area contributed by atoms with Gasteiger partial charge in [0.2, 0.25) is 0 Å². The smallest absolute Gasteiger partial charge is 0.303 e. The molecule has 5 heteroatoms. The topological polar surface area (TPSA) is 79.5 Å². The van der Waals surface area contributed by atoms with Crippen LogP contribution in [0.5, 0.6) is 0 Å². The minimum absolute atomic E-state index is 0.0370. The van der Waals surface area contributed by atoms with E-state index in [0.29, 0.717) is 12.1 Å². The van der Waals surface area contributed by atoms with Crippen molar-refractivity contribution >= 4 is 11.9 Å². The quantitative estimate of drug-likeness (QED) is 0.856. The number of aliphatic carboxylic acids is 1. The zero-order valence-corrected chi connectivity index (χ0v) is 11.7. The first-order valence-corrected chi connectivity index (χ1v) is 6.69. The average Bonchev–Trinajstić information content (AvgIpc) is 2.98. The fraction of sp³-hybridized carbons (Fsp3) is 0.250. The molecule has 21 heavy (non-hydrogen) atoms. The Kier molecular flexibility index (Phi) is 4.77. The molecule has 0 saturated carbocycles. The van der Waals surface area contributed by atoms with Gasteiger partial charge >= 0.3 is 5.97 Å². The number of nitrogens with one attached hydrogen (secondary N) is 1. The van der Waals surface area contributed by atoms with Gasteiger partial charge in [-0.1, -0.05) is 19.1 Å². The number of hydrogen-bond donors (Lipinski definition) is 2. The molecule has 0 radical (unpaired) electrons. The molecule has 0 bridgehead atoms. The number of hydrogen-bond acceptors (Lipinski definition) is 3. The Morgan fingerprint density at radius 2 is 2.10 bits per heavy atom. The van der Waals surface area contributed by atoms with E-state index in [9.17, 15) is 9.59 Å². The first-order valence-electron chi connectivity index (χ1n) is 6.69. The molecule has 1 aromatic heterocycles. The van der Waals surface area contributed by atoms with Crippen LogP contribution in [0.25, 0.3) is 11.1 Å². The number of carbonyl (C=O) groups is 2. The van der Waals surface area contributed by atoms with E-state index in [4.69, 9.17) is 9.52 Å². The highest BCUT2D eigenvalue weighted by atomic mass is 16.4. The van der Waals surface area contributed by atoms with E-state index in [0.717, 1.165) is 11.1 Å². The fourth-order valence-corrected chi connectivity index (χ4v) is 2.01. The van der Waals surface area contributed by atoms with Gasteiger partial charge in [-0.25, -0.2) is 0 Å². The van der Waals surface area contributed by atoms with Crippen LogP contribution < -0.4 is 5.32 Å². The van der Waals surface area contributed by atoms with E-state index in [1.165, 1.54) is 0 Å². The molecule has 1 amide bonds. The molecule has 2 aromatic rings. The number of carbonyl (C=O) groups excluding carboxylic acids is 1. The maximum atomic E-state index is 12.1. The molecule has 0 aliphatic heterocycles. The third-order valence-electron chi connectivity index (χ3n) is 3.11. The van der Waals surface area contributed by atoms with Crippen molar-refractivity contribution in [3.8, 4) is 11.1 Å². The van der Waals surface area contributed by atoms with Crippen LogP contribution in [0.2, 0.25) is 0 Å². The molecule has 2 N–H and O–H groups in total. The first-order chi connectivity index (χ1) is 10.1. The van der Waals surface area contributed by atoms with E-state index < -0.39 is 5.97 Å². The van der Waals surface area contributed by atoms with Gasteiger partial charge in [-0.15, -0.1) is 0 Å². The van der Waals surface area contributed by atoms with Crippen LogP contribution in [0, 0.1) is 5.92 Å². The van der Waals surface area contributed by atoms with Gasteiger partial charge in [0.15, 0.2) is 0 Å². The predicted octanol–water partition coefficient (Wildman–Crippen LogP) is 2.79. The molecule has 110 valence electrons. The normalized spacial score (nSPS) is 11.9. The molecule has 1 heterocycles. The van der Waals surface area contributed by atoms with Crippen LogP contribution in [0.1, 0.15) is 23.7 Å². The number of carboxylic acids is 1. The number of carboxylic acid groups (broad SMARTS) is 1. The van der Waals surface area contributed by atoms with Gasteiger partial charge < -0.3 is 14.8 Å². The zero-order chi connectivity index (χ0) is 15.2. The van der Waals surface area contributed by atoms with Crippen LogP contribution in [-0.4, -0.2) is 23.5 Å². The Bertz CT molecular complexity index is 619. The Labute approximate surface area is 122 Å². The molecule has 1 aromatic carbocycles. The molecule has 2 rings (SSSR count). The Hall–Kier alpha value is -2.56. The molecule has 5 nitrogen and oxygen atoms in total. The minimum Gasteiger partial charge on any atom is -0.481 e. The average molecular weight is 287 g/mol. The second-order valence-corrected chi connectivity index (χ2v) is 5.01. The summed E-state index contributed by atoms with van der Waals surface area (Å²) in [7, 11) is 0. The third kappa shape index (κ3) is 4.21. The maximum absolute atomic E-state index is 12.1. The van der Waals surface area contributed by atoms with Crippen LogP contribution in [0.15, 0.2) is 47.3 Å². The largest absolute Gasteiger partial charge is 0.481 e. The summed E-state index contributed by atoms with van der Waals surface area (Å²) in [4.78, 5) is 22.7.